The molecule has 0 heterocycles. The topological polar surface area (TPSA) is 96.5 Å². The van der Waals surface area contributed by atoms with E-state index >= 15 is 0 Å². The minimum absolute atomic E-state index is 0.0296. The van der Waals surface area contributed by atoms with E-state index in [9.17, 15) is 14.4 Å². The Morgan fingerprint density at radius 2 is 1.54 bits per heavy atom. The number of hydrogen-bond acceptors (Lipinski definition) is 5. The van der Waals surface area contributed by atoms with Crippen LogP contribution in [0.15, 0.2) is 78.9 Å². The summed E-state index contributed by atoms with van der Waals surface area (Å²) in [4.78, 5) is 36.4. The zero-order valence-corrected chi connectivity index (χ0v) is 20.2. The Morgan fingerprint density at radius 1 is 0.857 bits per heavy atom. The summed E-state index contributed by atoms with van der Waals surface area (Å²) in [5.41, 5.74) is 3.80. The molecule has 35 heavy (non-hydrogen) atoms. The average molecular weight is 490 g/mol. The third-order valence-electron chi connectivity index (χ3n) is 5.07. The van der Waals surface area contributed by atoms with Gasteiger partial charge in [-0.25, -0.2) is 0 Å². The van der Waals surface area contributed by atoms with Gasteiger partial charge < -0.3 is 20.7 Å². The Morgan fingerprint density at radius 3 is 2.23 bits per heavy atom. The van der Waals surface area contributed by atoms with Crippen LogP contribution in [0.5, 0.6) is 0 Å². The van der Waals surface area contributed by atoms with Crippen LogP contribution < -0.4 is 16.0 Å². The molecule has 3 N–H and O–H groups in total. The van der Waals surface area contributed by atoms with Crippen molar-refractivity contribution >= 4 is 46.5 Å². The lowest BCUT2D eigenvalue weighted by molar-refractivity contribution is -0.144. The van der Waals surface area contributed by atoms with Gasteiger partial charge in [0.1, 0.15) is 0 Å². The van der Waals surface area contributed by atoms with E-state index in [0.717, 1.165) is 11.1 Å². The molecule has 0 fully saturated rings. The molecule has 3 aromatic carbocycles. The zero-order chi connectivity index (χ0) is 25.0. The number of carbonyl (C=O) groups excluding carboxylic acids is 3. The van der Waals surface area contributed by atoms with Crippen LogP contribution in [0.25, 0.3) is 0 Å². The fourth-order valence-corrected chi connectivity index (χ4v) is 3.46. The summed E-state index contributed by atoms with van der Waals surface area (Å²) < 4.78 is 5.18. The molecule has 0 atom stereocenters. The summed E-state index contributed by atoms with van der Waals surface area (Å²) in [7, 11) is 0. The van der Waals surface area contributed by atoms with Crippen molar-refractivity contribution in [1.82, 2.24) is 5.32 Å². The molecule has 2 amide bonds. The highest BCUT2D eigenvalue weighted by atomic mass is 32.1. The number of benzene rings is 3. The van der Waals surface area contributed by atoms with Gasteiger partial charge in [0.05, 0.1) is 13.0 Å². The maximum atomic E-state index is 12.4. The van der Waals surface area contributed by atoms with Crippen LogP contribution in [0.3, 0.4) is 0 Å². The molecule has 0 aromatic heterocycles. The van der Waals surface area contributed by atoms with Crippen molar-refractivity contribution in [3.8, 4) is 0 Å². The third-order valence-corrected chi connectivity index (χ3v) is 5.28. The van der Waals surface area contributed by atoms with Gasteiger partial charge in [0.25, 0.3) is 5.91 Å². The van der Waals surface area contributed by atoms with Gasteiger partial charge in [-0.2, -0.15) is 0 Å². The lowest BCUT2D eigenvalue weighted by Crippen LogP contribution is -2.34. The summed E-state index contributed by atoms with van der Waals surface area (Å²) in [6, 6.07) is 24.0. The first-order valence-corrected chi connectivity index (χ1v) is 11.6. The second-order valence-corrected chi connectivity index (χ2v) is 8.22. The van der Waals surface area contributed by atoms with Gasteiger partial charge in [0.15, 0.2) is 5.11 Å². The van der Waals surface area contributed by atoms with Crippen molar-refractivity contribution in [3.63, 3.8) is 0 Å². The summed E-state index contributed by atoms with van der Waals surface area (Å²) >= 11 is 5.20. The fourth-order valence-electron chi connectivity index (χ4n) is 3.23. The van der Waals surface area contributed by atoms with Crippen LogP contribution in [-0.4, -0.2) is 29.5 Å². The van der Waals surface area contributed by atoms with Crippen LogP contribution in [0.1, 0.15) is 34.3 Å². The molecule has 180 valence electrons. The number of ether oxygens (including phenoxy) is 1. The first-order chi connectivity index (χ1) is 16.9. The maximum absolute atomic E-state index is 12.4. The van der Waals surface area contributed by atoms with Gasteiger partial charge in [0, 0.05) is 29.8 Å². The van der Waals surface area contributed by atoms with E-state index in [-0.39, 0.29) is 36.4 Å². The molecule has 3 aromatic rings. The number of amides is 2. The lowest BCUT2D eigenvalue weighted by atomic mass is 10.1. The summed E-state index contributed by atoms with van der Waals surface area (Å²) in [6.45, 7) is 2.13. The second-order valence-electron chi connectivity index (χ2n) is 7.81. The van der Waals surface area contributed by atoms with Crippen LogP contribution >= 0.6 is 12.2 Å². The number of aryl methyl sites for hydroxylation is 1. The number of carbonyl (C=O) groups is 3. The molecule has 0 spiro atoms. The number of nitrogens with one attached hydrogen (secondary N) is 3. The van der Waals surface area contributed by atoms with Crippen LogP contribution in [0.2, 0.25) is 0 Å². The highest BCUT2D eigenvalue weighted by molar-refractivity contribution is 7.80. The number of thiocarbonyl (C=S) groups is 1. The van der Waals surface area contributed by atoms with Gasteiger partial charge in [-0.05, 0) is 60.6 Å². The lowest BCUT2D eigenvalue weighted by Gasteiger charge is -2.13. The van der Waals surface area contributed by atoms with Crippen molar-refractivity contribution in [3.05, 3.63) is 95.6 Å². The second kappa shape index (κ2) is 13.0. The molecule has 0 aliphatic rings. The highest BCUT2D eigenvalue weighted by Gasteiger charge is 2.11. The highest BCUT2D eigenvalue weighted by Crippen LogP contribution is 2.20. The predicted molar refractivity (Wildman–Crippen MR) is 140 cm³/mol. The van der Waals surface area contributed by atoms with Gasteiger partial charge in [-0.15, -0.1) is 0 Å². The molecular formula is C27H27N3O4S. The Hall–Kier alpha value is -4.04. The van der Waals surface area contributed by atoms with Crippen LogP contribution in [-0.2, 0) is 20.7 Å². The molecular weight excluding hydrogens is 462 g/mol. The smallest absolute Gasteiger partial charge is 0.306 e. The van der Waals surface area contributed by atoms with E-state index in [2.05, 4.69) is 16.0 Å². The van der Waals surface area contributed by atoms with Gasteiger partial charge in [-0.1, -0.05) is 48.5 Å². The fraction of sp³-hybridized carbons (Fsp3) is 0.185. The average Bonchev–Trinajstić information content (AvgIpc) is 2.85. The normalized spacial score (nSPS) is 10.2. The van der Waals surface area contributed by atoms with Crippen molar-refractivity contribution in [2.75, 3.05) is 17.2 Å². The quantitative estimate of drug-likeness (QED) is 0.300. The standard InChI is InChI=1S/C27H27N3O4S/c1-19-18-22(12-13-23(19)29-26(33)21-10-6-3-7-11-21)28-27(35)30-24(31)14-15-25(32)34-17-16-20-8-4-2-5-9-20/h2-13,18H,14-17H2,1H3,(H,29,33)(H2,28,30,31,35). The van der Waals surface area contributed by atoms with E-state index in [1.807, 2.05) is 49.4 Å². The Kier molecular flexibility index (Phi) is 9.50. The molecule has 8 heteroatoms. The van der Waals surface area contributed by atoms with Crippen molar-refractivity contribution in [2.45, 2.75) is 26.2 Å². The summed E-state index contributed by atoms with van der Waals surface area (Å²) in [6.07, 6.45) is 0.564. The zero-order valence-electron chi connectivity index (χ0n) is 19.4. The van der Waals surface area contributed by atoms with Gasteiger partial charge in [0.2, 0.25) is 5.91 Å². The van der Waals surface area contributed by atoms with Crippen molar-refractivity contribution in [2.24, 2.45) is 0 Å². The predicted octanol–water partition coefficient (Wildman–Crippen LogP) is 4.63. The molecule has 0 unspecified atom stereocenters. The van der Waals surface area contributed by atoms with Crippen LogP contribution in [0.4, 0.5) is 11.4 Å². The molecule has 0 aliphatic carbocycles. The minimum atomic E-state index is -0.432. The molecule has 3 rings (SSSR count). The van der Waals surface area contributed by atoms with Gasteiger partial charge >= 0.3 is 5.97 Å². The number of esters is 1. The molecule has 0 radical (unpaired) electrons. The van der Waals surface area contributed by atoms with E-state index in [4.69, 9.17) is 17.0 Å². The van der Waals surface area contributed by atoms with Gasteiger partial charge in [-0.3, -0.25) is 14.4 Å². The van der Waals surface area contributed by atoms with E-state index in [1.54, 1.807) is 36.4 Å². The Labute approximate surface area is 209 Å². The molecule has 7 nitrogen and oxygen atoms in total. The van der Waals surface area contributed by atoms with Crippen LogP contribution in [0, 0.1) is 6.92 Å². The summed E-state index contributed by atoms with van der Waals surface area (Å²) in [5.74, 6) is -1.01. The molecule has 0 saturated carbocycles. The van der Waals surface area contributed by atoms with E-state index < -0.39 is 5.97 Å². The number of hydrogen-bond donors (Lipinski definition) is 3. The largest absolute Gasteiger partial charge is 0.465 e. The first kappa shape index (κ1) is 25.6. The molecule has 0 saturated heterocycles. The monoisotopic (exact) mass is 489 g/mol. The first-order valence-electron chi connectivity index (χ1n) is 11.2. The SMILES string of the molecule is Cc1cc(NC(=S)NC(=O)CCC(=O)OCCc2ccccc2)ccc1NC(=O)c1ccccc1. The maximum Gasteiger partial charge on any atom is 0.306 e. The Balaban J connectivity index is 1.39. The van der Waals surface area contributed by atoms with Crippen molar-refractivity contribution < 1.29 is 19.1 Å². The summed E-state index contributed by atoms with van der Waals surface area (Å²) in [5, 5.41) is 8.49. The number of anilines is 2. The molecule has 0 bridgehead atoms. The van der Waals surface area contributed by atoms with E-state index in [0.29, 0.717) is 23.4 Å². The number of rotatable bonds is 9. The van der Waals surface area contributed by atoms with E-state index in [1.165, 1.54) is 0 Å². The molecule has 0 aliphatic heterocycles. The van der Waals surface area contributed by atoms with Crippen molar-refractivity contribution in [1.29, 1.82) is 0 Å². The Bertz CT molecular complexity index is 1180. The minimum Gasteiger partial charge on any atom is -0.465 e. The third kappa shape index (κ3) is 8.68.